The molecule has 1 unspecified atom stereocenters. The topological polar surface area (TPSA) is 29.1 Å². The summed E-state index contributed by atoms with van der Waals surface area (Å²) in [5.41, 5.74) is 2.07. The lowest BCUT2D eigenvalue weighted by molar-refractivity contribution is -0.115. The number of halogens is 1. The van der Waals surface area contributed by atoms with Crippen LogP contribution in [0.4, 0.5) is 0 Å². The van der Waals surface area contributed by atoms with Crippen molar-refractivity contribution in [2.24, 2.45) is 0 Å². The molecule has 0 saturated heterocycles. The van der Waals surface area contributed by atoms with Crippen LogP contribution < -0.4 is 5.32 Å². The highest BCUT2D eigenvalue weighted by Gasteiger charge is 2.20. The first-order valence-electron chi connectivity index (χ1n) is 5.44. The Balaban J connectivity index is 2.23. The predicted octanol–water partition coefficient (Wildman–Crippen LogP) is 3.24. The van der Waals surface area contributed by atoms with E-state index in [0.29, 0.717) is 11.4 Å². The number of carbonyl (C=O) groups is 1. The Morgan fingerprint density at radius 3 is 3.00 bits per heavy atom. The molecule has 1 aliphatic rings. The average molecular weight is 236 g/mol. The van der Waals surface area contributed by atoms with E-state index in [0.717, 1.165) is 17.7 Å². The molecule has 0 fully saturated rings. The van der Waals surface area contributed by atoms with Crippen molar-refractivity contribution in [2.45, 2.75) is 25.8 Å². The molecule has 0 spiro atoms. The molecule has 2 nitrogen and oxygen atoms in total. The largest absolute Gasteiger partial charge is 0.381 e. The van der Waals surface area contributed by atoms with E-state index in [2.05, 4.69) is 5.32 Å². The molecule has 0 saturated carbocycles. The van der Waals surface area contributed by atoms with Crippen LogP contribution in [0.15, 0.2) is 36.0 Å². The molecular weight excluding hydrogens is 222 g/mol. The van der Waals surface area contributed by atoms with Gasteiger partial charge in [0, 0.05) is 23.2 Å². The van der Waals surface area contributed by atoms with Gasteiger partial charge >= 0.3 is 0 Å². The molecule has 1 N–H and O–H groups in total. The first kappa shape index (κ1) is 11.2. The zero-order valence-corrected chi connectivity index (χ0v) is 9.92. The Bertz CT molecular complexity index is 439. The minimum Gasteiger partial charge on any atom is -0.381 e. The van der Waals surface area contributed by atoms with Gasteiger partial charge in [-0.3, -0.25) is 4.79 Å². The minimum atomic E-state index is 0.0612. The zero-order chi connectivity index (χ0) is 11.5. The number of ketones is 1. The third kappa shape index (κ3) is 2.45. The van der Waals surface area contributed by atoms with Crippen LogP contribution in [0.25, 0.3) is 0 Å². The summed E-state index contributed by atoms with van der Waals surface area (Å²) in [7, 11) is 0. The van der Waals surface area contributed by atoms with Gasteiger partial charge in [-0.25, -0.2) is 0 Å². The van der Waals surface area contributed by atoms with Crippen LogP contribution >= 0.6 is 11.6 Å². The second-order valence-electron chi connectivity index (χ2n) is 3.95. The van der Waals surface area contributed by atoms with Gasteiger partial charge in [0.05, 0.1) is 6.04 Å². The second kappa shape index (κ2) is 4.71. The van der Waals surface area contributed by atoms with E-state index in [9.17, 15) is 4.79 Å². The normalized spacial score (nSPS) is 20.2. The first-order valence-corrected chi connectivity index (χ1v) is 5.82. The molecule has 3 heteroatoms. The summed E-state index contributed by atoms with van der Waals surface area (Å²) in [6.45, 7) is 2.03. The molecule has 1 aromatic rings. The highest BCUT2D eigenvalue weighted by atomic mass is 35.5. The van der Waals surface area contributed by atoms with Crippen molar-refractivity contribution >= 4 is 17.4 Å². The van der Waals surface area contributed by atoms with Gasteiger partial charge in [0.2, 0.25) is 0 Å². The fraction of sp³-hybridized carbons (Fsp3) is 0.308. The minimum absolute atomic E-state index is 0.0612. The molecule has 1 heterocycles. The number of hydrogen-bond acceptors (Lipinski definition) is 2. The first-order chi connectivity index (χ1) is 7.69. The molecule has 1 aromatic carbocycles. The summed E-state index contributed by atoms with van der Waals surface area (Å²) >= 11 is 5.94. The van der Waals surface area contributed by atoms with Crippen molar-refractivity contribution in [3.63, 3.8) is 0 Å². The van der Waals surface area contributed by atoms with Gasteiger partial charge in [-0.05, 0) is 24.1 Å². The average Bonchev–Trinajstić information content (AvgIpc) is 2.28. The standard InChI is InChI=1S/C13H14ClNO/c1-2-11-7-12(16)8-13(15-11)9-4-3-5-10(14)6-9/h3-7,13,15H,2,8H2,1H3. The van der Waals surface area contributed by atoms with Gasteiger partial charge in [-0.15, -0.1) is 0 Å². The summed E-state index contributed by atoms with van der Waals surface area (Å²) < 4.78 is 0. The van der Waals surface area contributed by atoms with Crippen molar-refractivity contribution in [2.75, 3.05) is 0 Å². The number of hydrogen-bond donors (Lipinski definition) is 1. The summed E-state index contributed by atoms with van der Waals surface area (Å²) in [4.78, 5) is 11.6. The lowest BCUT2D eigenvalue weighted by Gasteiger charge is -2.24. The van der Waals surface area contributed by atoms with Gasteiger partial charge in [0.1, 0.15) is 0 Å². The fourth-order valence-electron chi connectivity index (χ4n) is 1.90. The Morgan fingerprint density at radius 2 is 2.31 bits per heavy atom. The van der Waals surface area contributed by atoms with Gasteiger partial charge in [-0.1, -0.05) is 30.7 Å². The number of nitrogens with one attached hydrogen (secondary N) is 1. The zero-order valence-electron chi connectivity index (χ0n) is 9.16. The van der Waals surface area contributed by atoms with Crippen LogP contribution in [0.2, 0.25) is 5.02 Å². The maximum atomic E-state index is 11.6. The Hall–Kier alpha value is -1.28. The van der Waals surface area contributed by atoms with Gasteiger partial charge in [0.25, 0.3) is 0 Å². The third-order valence-electron chi connectivity index (χ3n) is 2.73. The van der Waals surface area contributed by atoms with Crippen molar-refractivity contribution in [1.82, 2.24) is 5.32 Å². The monoisotopic (exact) mass is 235 g/mol. The number of rotatable bonds is 2. The number of allylic oxidation sites excluding steroid dienone is 2. The summed E-state index contributed by atoms with van der Waals surface area (Å²) in [6, 6.07) is 7.71. The molecular formula is C13H14ClNO. The molecule has 0 radical (unpaired) electrons. The predicted molar refractivity (Wildman–Crippen MR) is 65.3 cm³/mol. The molecule has 1 atom stereocenters. The van der Waals surface area contributed by atoms with Crippen LogP contribution in [0.1, 0.15) is 31.4 Å². The smallest absolute Gasteiger partial charge is 0.159 e. The van der Waals surface area contributed by atoms with Crippen LogP contribution in [0.5, 0.6) is 0 Å². The fourth-order valence-corrected chi connectivity index (χ4v) is 2.10. The lowest BCUT2D eigenvalue weighted by atomic mass is 9.97. The van der Waals surface area contributed by atoms with Crippen molar-refractivity contribution in [3.8, 4) is 0 Å². The van der Waals surface area contributed by atoms with Gasteiger partial charge in [-0.2, -0.15) is 0 Å². The van der Waals surface area contributed by atoms with Crippen molar-refractivity contribution in [1.29, 1.82) is 0 Å². The molecule has 0 aromatic heterocycles. The molecule has 84 valence electrons. The highest BCUT2D eigenvalue weighted by molar-refractivity contribution is 6.30. The van der Waals surface area contributed by atoms with Crippen LogP contribution in [-0.2, 0) is 4.79 Å². The van der Waals surface area contributed by atoms with E-state index in [-0.39, 0.29) is 11.8 Å². The summed E-state index contributed by atoms with van der Waals surface area (Å²) in [5.74, 6) is 0.181. The number of carbonyl (C=O) groups excluding carboxylic acids is 1. The third-order valence-corrected chi connectivity index (χ3v) is 2.97. The quantitative estimate of drug-likeness (QED) is 0.853. The second-order valence-corrected chi connectivity index (χ2v) is 4.38. The summed E-state index contributed by atoms with van der Waals surface area (Å²) in [5, 5.41) is 4.07. The summed E-state index contributed by atoms with van der Waals surface area (Å²) in [6.07, 6.45) is 3.05. The van der Waals surface area contributed by atoms with Crippen molar-refractivity contribution in [3.05, 3.63) is 46.6 Å². The van der Waals surface area contributed by atoms with Crippen LogP contribution in [0, 0.1) is 0 Å². The maximum absolute atomic E-state index is 11.6. The van der Waals surface area contributed by atoms with E-state index in [1.54, 1.807) is 6.08 Å². The van der Waals surface area contributed by atoms with Gasteiger partial charge < -0.3 is 5.32 Å². The van der Waals surface area contributed by atoms with E-state index < -0.39 is 0 Å². The van der Waals surface area contributed by atoms with E-state index >= 15 is 0 Å². The SMILES string of the molecule is CCC1=CC(=O)CC(c2cccc(Cl)c2)N1. The lowest BCUT2D eigenvalue weighted by Crippen LogP contribution is -2.27. The highest BCUT2D eigenvalue weighted by Crippen LogP contribution is 2.25. The molecule has 0 bridgehead atoms. The molecule has 0 amide bonds. The van der Waals surface area contributed by atoms with E-state index in [4.69, 9.17) is 11.6 Å². The maximum Gasteiger partial charge on any atom is 0.159 e. The molecule has 0 aliphatic carbocycles. The Kier molecular flexibility index (Phi) is 3.30. The molecule has 1 aliphatic heterocycles. The van der Waals surface area contributed by atoms with Crippen LogP contribution in [-0.4, -0.2) is 5.78 Å². The molecule has 16 heavy (non-hydrogen) atoms. The van der Waals surface area contributed by atoms with E-state index in [1.807, 2.05) is 31.2 Å². The Morgan fingerprint density at radius 1 is 1.50 bits per heavy atom. The van der Waals surface area contributed by atoms with Crippen LogP contribution in [0.3, 0.4) is 0 Å². The van der Waals surface area contributed by atoms with E-state index in [1.165, 1.54) is 0 Å². The van der Waals surface area contributed by atoms with Gasteiger partial charge in [0.15, 0.2) is 5.78 Å². The van der Waals surface area contributed by atoms with Crippen molar-refractivity contribution < 1.29 is 4.79 Å². The number of benzene rings is 1. The molecule has 2 rings (SSSR count). The Labute approximate surface area is 100 Å².